The van der Waals surface area contributed by atoms with Crippen LogP contribution < -0.4 is 0 Å². The molecule has 3 saturated heterocycles. The van der Waals surface area contributed by atoms with Gasteiger partial charge in [-0.05, 0) is 33.2 Å². The molecule has 3 fully saturated rings. The van der Waals surface area contributed by atoms with Crippen LogP contribution in [-0.4, -0.2) is 48.8 Å². The molecule has 3 heterocycles. The molecule has 0 bridgehead atoms. The number of fused-ring (bicyclic) bond motifs is 3. The third-order valence-electron chi connectivity index (χ3n) is 3.58. The molecule has 20 heavy (non-hydrogen) atoms. The molecule has 8 heteroatoms. The average molecular weight is 285 g/mol. The predicted octanol–water partition coefficient (Wildman–Crippen LogP) is 1.69. The van der Waals surface area contributed by atoms with E-state index in [0.29, 0.717) is 0 Å². The maximum atomic E-state index is 8.49. The number of ether oxygens (including phenoxy) is 5. The highest BCUT2D eigenvalue weighted by Crippen LogP contribution is 2.44. The molecular weight excluding hydrogens is 266 g/mol. The molecule has 0 saturated carbocycles. The van der Waals surface area contributed by atoms with Crippen LogP contribution >= 0.6 is 0 Å². The first kappa shape index (κ1) is 14.1. The Morgan fingerprint density at radius 2 is 1.55 bits per heavy atom. The number of hydrogen-bond donors (Lipinski definition) is 0. The van der Waals surface area contributed by atoms with Crippen molar-refractivity contribution in [2.75, 3.05) is 6.54 Å². The van der Waals surface area contributed by atoms with Gasteiger partial charge in [0.25, 0.3) is 0 Å². The zero-order chi connectivity index (χ0) is 14.5. The van der Waals surface area contributed by atoms with Crippen LogP contribution in [0.1, 0.15) is 27.7 Å². The monoisotopic (exact) mass is 285 g/mol. The highest BCUT2D eigenvalue weighted by atomic mass is 16.9. The van der Waals surface area contributed by atoms with Gasteiger partial charge in [-0.15, -0.1) is 0 Å². The zero-order valence-corrected chi connectivity index (χ0v) is 12.0. The van der Waals surface area contributed by atoms with Crippen molar-refractivity contribution in [1.29, 1.82) is 0 Å². The Morgan fingerprint density at radius 3 is 2.25 bits per heavy atom. The minimum absolute atomic E-state index is 0.171. The van der Waals surface area contributed by atoms with Crippen molar-refractivity contribution in [1.82, 2.24) is 0 Å². The number of rotatable bonds is 2. The van der Waals surface area contributed by atoms with Crippen molar-refractivity contribution in [2.24, 2.45) is 5.11 Å². The van der Waals surface area contributed by atoms with Crippen LogP contribution in [-0.2, 0) is 23.7 Å². The van der Waals surface area contributed by atoms with Crippen molar-refractivity contribution in [2.45, 2.75) is 70.0 Å². The topological polar surface area (TPSA) is 94.9 Å². The minimum atomic E-state index is -0.733. The van der Waals surface area contributed by atoms with Gasteiger partial charge in [0.1, 0.15) is 18.3 Å². The second-order valence-corrected chi connectivity index (χ2v) is 6.12. The summed E-state index contributed by atoms with van der Waals surface area (Å²) in [5.74, 6) is -1.46. The Balaban J connectivity index is 1.85. The molecule has 0 aromatic rings. The second kappa shape index (κ2) is 4.56. The van der Waals surface area contributed by atoms with Crippen LogP contribution in [0.25, 0.3) is 10.4 Å². The van der Waals surface area contributed by atoms with E-state index in [1.807, 2.05) is 27.7 Å². The molecule has 0 spiro atoms. The summed E-state index contributed by atoms with van der Waals surface area (Å²) in [6.07, 6.45) is -1.93. The molecule has 5 atom stereocenters. The number of azide groups is 1. The summed E-state index contributed by atoms with van der Waals surface area (Å²) in [7, 11) is 0. The van der Waals surface area contributed by atoms with Crippen LogP contribution in [0, 0.1) is 0 Å². The van der Waals surface area contributed by atoms with Gasteiger partial charge in [0.2, 0.25) is 0 Å². The van der Waals surface area contributed by atoms with Crippen molar-refractivity contribution in [3.63, 3.8) is 0 Å². The van der Waals surface area contributed by atoms with Gasteiger partial charge >= 0.3 is 0 Å². The molecule has 3 aliphatic heterocycles. The van der Waals surface area contributed by atoms with Crippen LogP contribution in [0.15, 0.2) is 5.11 Å². The van der Waals surface area contributed by atoms with Crippen LogP contribution in [0.3, 0.4) is 0 Å². The third kappa shape index (κ3) is 2.39. The Morgan fingerprint density at radius 1 is 0.950 bits per heavy atom. The number of nitrogens with zero attached hydrogens (tertiary/aromatic N) is 3. The lowest BCUT2D eigenvalue weighted by Gasteiger charge is -2.36. The standard InChI is InChI=1S/C12H19N3O5/c1-11(2)17-7-6(5-14-15-13)16-10-9(8(7)18-11)19-12(3,4)20-10/h6-10H,5H2,1-4H3/t6-,7+,8-,9-,10+/m1/s1. The van der Waals surface area contributed by atoms with Crippen LogP contribution in [0.2, 0.25) is 0 Å². The van der Waals surface area contributed by atoms with E-state index in [1.54, 1.807) is 0 Å². The normalized spacial score (nSPS) is 44.5. The Bertz CT molecular complexity index is 448. The molecular formula is C12H19N3O5. The summed E-state index contributed by atoms with van der Waals surface area (Å²) in [6.45, 7) is 7.50. The highest BCUT2D eigenvalue weighted by Gasteiger charge is 2.60. The summed E-state index contributed by atoms with van der Waals surface area (Å²) in [5.41, 5.74) is 8.49. The Labute approximate surface area is 116 Å². The van der Waals surface area contributed by atoms with E-state index < -0.39 is 24.0 Å². The summed E-state index contributed by atoms with van der Waals surface area (Å²) in [5, 5.41) is 3.58. The fourth-order valence-electron chi connectivity index (χ4n) is 2.96. The Hall–Kier alpha value is -0.890. The molecule has 0 aromatic carbocycles. The van der Waals surface area contributed by atoms with E-state index in [9.17, 15) is 0 Å². The van der Waals surface area contributed by atoms with Crippen molar-refractivity contribution >= 4 is 0 Å². The molecule has 8 nitrogen and oxygen atoms in total. The summed E-state index contributed by atoms with van der Waals surface area (Å²) in [6, 6.07) is 0. The summed E-state index contributed by atoms with van der Waals surface area (Å²) >= 11 is 0. The first-order valence-electron chi connectivity index (χ1n) is 6.69. The largest absolute Gasteiger partial charge is 0.344 e. The van der Waals surface area contributed by atoms with Gasteiger partial charge in [-0.1, -0.05) is 5.11 Å². The summed E-state index contributed by atoms with van der Waals surface area (Å²) < 4.78 is 29.2. The van der Waals surface area contributed by atoms with Gasteiger partial charge in [-0.25, -0.2) is 0 Å². The van der Waals surface area contributed by atoms with Gasteiger partial charge < -0.3 is 23.7 Å². The quantitative estimate of drug-likeness (QED) is 0.437. The van der Waals surface area contributed by atoms with Crippen LogP contribution in [0.4, 0.5) is 0 Å². The van der Waals surface area contributed by atoms with Crippen LogP contribution in [0.5, 0.6) is 0 Å². The fourth-order valence-corrected chi connectivity index (χ4v) is 2.96. The lowest BCUT2D eigenvalue weighted by molar-refractivity contribution is -0.231. The van der Waals surface area contributed by atoms with Crippen molar-refractivity contribution in [3.8, 4) is 0 Å². The van der Waals surface area contributed by atoms with Gasteiger partial charge in [0.05, 0.1) is 12.6 Å². The molecule has 0 radical (unpaired) electrons. The van der Waals surface area contributed by atoms with Gasteiger partial charge in [-0.2, -0.15) is 0 Å². The maximum absolute atomic E-state index is 8.49. The lowest BCUT2D eigenvalue weighted by atomic mass is 9.99. The van der Waals surface area contributed by atoms with E-state index in [-0.39, 0.29) is 24.9 Å². The lowest BCUT2D eigenvalue weighted by Crippen LogP contribution is -2.55. The van der Waals surface area contributed by atoms with E-state index in [4.69, 9.17) is 29.2 Å². The molecule has 0 aliphatic carbocycles. The fraction of sp³-hybridized carbons (Fsp3) is 1.00. The van der Waals surface area contributed by atoms with E-state index in [1.165, 1.54) is 0 Å². The predicted molar refractivity (Wildman–Crippen MR) is 66.5 cm³/mol. The molecule has 0 aromatic heterocycles. The SMILES string of the molecule is CC1(C)O[C@@H]2[C@@H](O1)[C@@H](CN=[N+]=[N-])O[C@H]1OC(C)(C)O[C@@H]12. The minimum Gasteiger partial charge on any atom is -0.344 e. The van der Waals surface area contributed by atoms with Crippen molar-refractivity contribution < 1.29 is 23.7 Å². The van der Waals surface area contributed by atoms with E-state index >= 15 is 0 Å². The zero-order valence-electron chi connectivity index (χ0n) is 12.0. The molecule has 3 rings (SSSR count). The highest BCUT2D eigenvalue weighted by molar-refractivity contribution is 5.00. The average Bonchev–Trinajstić information content (AvgIpc) is 2.80. The van der Waals surface area contributed by atoms with Gasteiger partial charge in [-0.3, -0.25) is 0 Å². The van der Waals surface area contributed by atoms with Crippen molar-refractivity contribution in [3.05, 3.63) is 10.4 Å². The van der Waals surface area contributed by atoms with Gasteiger partial charge in [0, 0.05) is 4.91 Å². The van der Waals surface area contributed by atoms with Gasteiger partial charge in [0.15, 0.2) is 17.9 Å². The molecule has 112 valence electrons. The second-order valence-electron chi connectivity index (χ2n) is 6.12. The molecule has 0 unspecified atom stereocenters. The molecule has 3 aliphatic rings. The summed E-state index contributed by atoms with van der Waals surface area (Å²) in [4.78, 5) is 2.77. The smallest absolute Gasteiger partial charge is 0.190 e. The first-order chi connectivity index (χ1) is 9.31. The third-order valence-corrected chi connectivity index (χ3v) is 3.58. The van der Waals surface area contributed by atoms with E-state index in [2.05, 4.69) is 10.0 Å². The number of hydrogen-bond acceptors (Lipinski definition) is 6. The molecule has 0 amide bonds. The Kier molecular flexibility index (Phi) is 3.20. The first-order valence-corrected chi connectivity index (χ1v) is 6.69. The maximum Gasteiger partial charge on any atom is 0.190 e. The molecule has 0 N–H and O–H groups in total. The van der Waals surface area contributed by atoms with E-state index in [0.717, 1.165) is 0 Å².